The van der Waals surface area contributed by atoms with Gasteiger partial charge in [0, 0.05) is 15.8 Å². The minimum atomic E-state index is -1.04. The van der Waals surface area contributed by atoms with E-state index in [9.17, 15) is 14.0 Å². The second kappa shape index (κ2) is 7.23. The summed E-state index contributed by atoms with van der Waals surface area (Å²) in [6, 6.07) is 10.3. The zero-order chi connectivity index (χ0) is 17.0. The van der Waals surface area contributed by atoms with Gasteiger partial charge in [0.1, 0.15) is 5.82 Å². The summed E-state index contributed by atoms with van der Waals surface area (Å²) in [5.41, 5.74) is 6.09. The van der Waals surface area contributed by atoms with Crippen molar-refractivity contribution < 1.29 is 18.7 Å². The number of hydrogen-bond donors (Lipinski definition) is 2. The van der Waals surface area contributed by atoms with E-state index < -0.39 is 23.8 Å². The molecule has 2 aromatic rings. The number of halogens is 2. The standard InChI is InChI=1S/C16H14BrFN2O3/c1-9(15(21)20-12-4-2-3-10(17)7-12)23-16(22)13-6-5-11(18)8-14(13)19/h2-9H,19H2,1H3,(H,20,21)/t9-/m0/s1. The molecule has 7 heteroatoms. The lowest BCUT2D eigenvalue weighted by molar-refractivity contribution is -0.123. The van der Waals surface area contributed by atoms with E-state index in [0.717, 1.165) is 16.6 Å². The Morgan fingerprint density at radius 1 is 1.26 bits per heavy atom. The van der Waals surface area contributed by atoms with Gasteiger partial charge in [-0.2, -0.15) is 0 Å². The van der Waals surface area contributed by atoms with Crippen LogP contribution in [0.15, 0.2) is 46.9 Å². The highest BCUT2D eigenvalue weighted by Crippen LogP contribution is 2.17. The average molecular weight is 381 g/mol. The molecule has 0 saturated carbocycles. The first-order chi connectivity index (χ1) is 10.9. The molecule has 5 nitrogen and oxygen atoms in total. The molecule has 120 valence electrons. The molecule has 0 bridgehead atoms. The first-order valence-corrected chi connectivity index (χ1v) is 7.48. The van der Waals surface area contributed by atoms with Crippen molar-refractivity contribution in [3.8, 4) is 0 Å². The van der Waals surface area contributed by atoms with Crippen molar-refractivity contribution in [2.45, 2.75) is 13.0 Å². The Balaban J connectivity index is 2.01. The number of hydrogen-bond acceptors (Lipinski definition) is 4. The van der Waals surface area contributed by atoms with E-state index in [-0.39, 0.29) is 11.3 Å². The fourth-order valence-corrected chi connectivity index (χ4v) is 2.21. The molecule has 0 aliphatic rings. The number of ether oxygens (including phenoxy) is 1. The largest absolute Gasteiger partial charge is 0.449 e. The van der Waals surface area contributed by atoms with E-state index >= 15 is 0 Å². The van der Waals surface area contributed by atoms with Crippen LogP contribution in [0.5, 0.6) is 0 Å². The van der Waals surface area contributed by atoms with E-state index in [1.807, 2.05) is 6.07 Å². The van der Waals surface area contributed by atoms with Crippen molar-refractivity contribution in [2.75, 3.05) is 11.1 Å². The molecule has 0 fully saturated rings. The summed E-state index contributed by atoms with van der Waals surface area (Å²) in [4.78, 5) is 24.0. The number of nitrogens with one attached hydrogen (secondary N) is 1. The predicted molar refractivity (Wildman–Crippen MR) is 88.5 cm³/mol. The first-order valence-electron chi connectivity index (χ1n) is 6.69. The van der Waals surface area contributed by atoms with E-state index in [4.69, 9.17) is 10.5 Å². The van der Waals surface area contributed by atoms with Crippen molar-refractivity contribution in [2.24, 2.45) is 0 Å². The number of amides is 1. The van der Waals surface area contributed by atoms with Gasteiger partial charge in [0.05, 0.1) is 5.56 Å². The summed E-state index contributed by atoms with van der Waals surface area (Å²) in [5, 5.41) is 2.63. The van der Waals surface area contributed by atoms with Gasteiger partial charge in [-0.3, -0.25) is 4.79 Å². The highest BCUT2D eigenvalue weighted by atomic mass is 79.9. The van der Waals surface area contributed by atoms with Gasteiger partial charge in [0.25, 0.3) is 5.91 Å². The molecule has 0 unspecified atom stereocenters. The Bertz CT molecular complexity index is 752. The monoisotopic (exact) mass is 380 g/mol. The van der Waals surface area contributed by atoms with Gasteiger partial charge in [-0.25, -0.2) is 9.18 Å². The summed E-state index contributed by atoms with van der Waals surface area (Å²) >= 11 is 3.29. The van der Waals surface area contributed by atoms with Crippen molar-refractivity contribution in [1.29, 1.82) is 0 Å². The Morgan fingerprint density at radius 2 is 2.00 bits per heavy atom. The summed E-state index contributed by atoms with van der Waals surface area (Å²) in [5.74, 6) is -1.84. The van der Waals surface area contributed by atoms with Gasteiger partial charge in [-0.1, -0.05) is 22.0 Å². The molecule has 0 spiro atoms. The van der Waals surface area contributed by atoms with E-state index in [1.165, 1.54) is 13.0 Å². The lowest BCUT2D eigenvalue weighted by atomic mass is 10.2. The molecule has 1 atom stereocenters. The van der Waals surface area contributed by atoms with E-state index in [0.29, 0.717) is 5.69 Å². The quantitative estimate of drug-likeness (QED) is 0.629. The van der Waals surface area contributed by atoms with Crippen LogP contribution >= 0.6 is 15.9 Å². The molecule has 0 saturated heterocycles. The van der Waals surface area contributed by atoms with Crippen LogP contribution in [-0.4, -0.2) is 18.0 Å². The molecule has 3 N–H and O–H groups in total. The van der Waals surface area contributed by atoms with Gasteiger partial charge < -0.3 is 15.8 Å². The third kappa shape index (κ3) is 4.53. The number of carbonyl (C=O) groups excluding carboxylic acids is 2. The minimum absolute atomic E-state index is 0.00788. The van der Waals surface area contributed by atoms with E-state index in [1.54, 1.807) is 18.2 Å². The van der Waals surface area contributed by atoms with Gasteiger partial charge in [0.15, 0.2) is 6.10 Å². The molecule has 0 aliphatic heterocycles. The van der Waals surface area contributed by atoms with Crippen LogP contribution in [0.25, 0.3) is 0 Å². The third-order valence-electron chi connectivity index (χ3n) is 2.98. The van der Waals surface area contributed by atoms with Gasteiger partial charge in [-0.05, 0) is 43.3 Å². The van der Waals surface area contributed by atoms with Crippen molar-refractivity contribution in [1.82, 2.24) is 0 Å². The minimum Gasteiger partial charge on any atom is -0.449 e. The smallest absolute Gasteiger partial charge is 0.341 e. The van der Waals surface area contributed by atoms with Crippen LogP contribution in [0.1, 0.15) is 17.3 Å². The fourth-order valence-electron chi connectivity index (χ4n) is 1.81. The number of nitrogen functional groups attached to an aromatic ring is 1. The Morgan fingerprint density at radius 3 is 2.65 bits per heavy atom. The molecule has 2 aromatic carbocycles. The zero-order valence-corrected chi connectivity index (χ0v) is 13.8. The molecule has 0 radical (unpaired) electrons. The van der Waals surface area contributed by atoms with Gasteiger partial charge in [0.2, 0.25) is 0 Å². The lowest BCUT2D eigenvalue weighted by Crippen LogP contribution is -2.30. The normalized spacial score (nSPS) is 11.6. The maximum Gasteiger partial charge on any atom is 0.341 e. The van der Waals surface area contributed by atoms with Crippen LogP contribution in [0.2, 0.25) is 0 Å². The molecule has 0 heterocycles. The second-order valence-electron chi connectivity index (χ2n) is 4.78. The molecular weight excluding hydrogens is 367 g/mol. The van der Waals surface area contributed by atoms with Crippen molar-refractivity contribution in [3.05, 3.63) is 58.3 Å². The SMILES string of the molecule is C[C@H](OC(=O)c1ccc(F)cc1N)C(=O)Nc1cccc(Br)c1. The van der Waals surface area contributed by atoms with Crippen LogP contribution < -0.4 is 11.1 Å². The molecule has 0 aliphatic carbocycles. The average Bonchev–Trinajstić information content (AvgIpc) is 2.46. The van der Waals surface area contributed by atoms with Gasteiger partial charge in [-0.15, -0.1) is 0 Å². The number of rotatable bonds is 4. The van der Waals surface area contributed by atoms with Gasteiger partial charge >= 0.3 is 5.97 Å². The number of benzene rings is 2. The summed E-state index contributed by atoms with van der Waals surface area (Å²) < 4.78 is 18.8. The summed E-state index contributed by atoms with van der Waals surface area (Å²) in [6.45, 7) is 1.44. The Kier molecular flexibility index (Phi) is 5.33. The zero-order valence-electron chi connectivity index (χ0n) is 12.2. The topological polar surface area (TPSA) is 81.4 Å². The molecule has 23 heavy (non-hydrogen) atoms. The van der Waals surface area contributed by atoms with Crippen LogP contribution in [0.3, 0.4) is 0 Å². The summed E-state index contributed by atoms with van der Waals surface area (Å²) in [7, 11) is 0. The van der Waals surface area contributed by atoms with Crippen LogP contribution in [0, 0.1) is 5.82 Å². The highest BCUT2D eigenvalue weighted by molar-refractivity contribution is 9.10. The molecule has 0 aromatic heterocycles. The molecule has 1 amide bonds. The second-order valence-corrected chi connectivity index (χ2v) is 5.69. The Labute approximate surface area is 140 Å². The first kappa shape index (κ1) is 17.0. The predicted octanol–water partition coefficient (Wildman–Crippen LogP) is 3.35. The number of carbonyl (C=O) groups is 2. The van der Waals surface area contributed by atoms with Crippen LogP contribution in [-0.2, 0) is 9.53 Å². The number of nitrogens with two attached hydrogens (primary N) is 1. The number of anilines is 2. The van der Waals surface area contributed by atoms with Crippen molar-refractivity contribution in [3.63, 3.8) is 0 Å². The Hall–Kier alpha value is -2.41. The summed E-state index contributed by atoms with van der Waals surface area (Å²) in [6.07, 6.45) is -1.04. The van der Waals surface area contributed by atoms with E-state index in [2.05, 4.69) is 21.2 Å². The van der Waals surface area contributed by atoms with Crippen molar-refractivity contribution >= 4 is 39.2 Å². The van der Waals surface area contributed by atoms with Crippen LogP contribution in [0.4, 0.5) is 15.8 Å². The third-order valence-corrected chi connectivity index (χ3v) is 3.47. The maximum absolute atomic E-state index is 13.0. The number of esters is 1. The lowest BCUT2D eigenvalue weighted by Gasteiger charge is -2.14. The highest BCUT2D eigenvalue weighted by Gasteiger charge is 2.20. The fraction of sp³-hybridized carbons (Fsp3) is 0.125. The molecular formula is C16H14BrFN2O3. The molecule has 2 rings (SSSR count). The maximum atomic E-state index is 13.0.